The summed E-state index contributed by atoms with van der Waals surface area (Å²) in [7, 11) is 1.52. The van der Waals surface area contributed by atoms with Crippen molar-refractivity contribution < 1.29 is 14.0 Å². The van der Waals surface area contributed by atoms with E-state index in [-0.39, 0.29) is 22.9 Å². The molecule has 2 amide bonds. The van der Waals surface area contributed by atoms with Crippen LogP contribution in [0.1, 0.15) is 20.8 Å². The molecule has 3 rings (SSSR count). The maximum atomic E-state index is 11.7. The summed E-state index contributed by atoms with van der Waals surface area (Å²) in [6, 6.07) is 6.58. The van der Waals surface area contributed by atoms with E-state index < -0.39 is 5.91 Å². The van der Waals surface area contributed by atoms with Crippen LogP contribution in [0.15, 0.2) is 41.1 Å². The van der Waals surface area contributed by atoms with Crippen molar-refractivity contribution in [2.45, 2.75) is 0 Å². The monoisotopic (exact) mass is 296 g/mol. The number of nitrogens with zero attached hydrogens (tertiary/aromatic N) is 2. The van der Waals surface area contributed by atoms with Gasteiger partial charge in [0.1, 0.15) is 16.8 Å². The first-order chi connectivity index (χ1) is 10.6. The highest BCUT2D eigenvalue weighted by Crippen LogP contribution is 2.31. The molecule has 0 spiro atoms. The summed E-state index contributed by atoms with van der Waals surface area (Å²) in [5.74, 6) is -0.645. The third kappa shape index (κ3) is 2.18. The van der Waals surface area contributed by atoms with Gasteiger partial charge in [0.25, 0.3) is 11.8 Å². The summed E-state index contributed by atoms with van der Waals surface area (Å²) >= 11 is 0. The summed E-state index contributed by atoms with van der Waals surface area (Å²) in [6.07, 6.45) is 3.01. The normalized spacial score (nSPS) is 10.6. The van der Waals surface area contributed by atoms with Crippen LogP contribution in [0.25, 0.3) is 22.4 Å². The van der Waals surface area contributed by atoms with Crippen molar-refractivity contribution in [3.05, 3.63) is 47.9 Å². The number of nitrogens with two attached hydrogens (primary N) is 1. The lowest BCUT2D eigenvalue weighted by Gasteiger charge is -2.01. The van der Waals surface area contributed by atoms with E-state index in [0.29, 0.717) is 16.7 Å². The molecule has 0 radical (unpaired) electrons. The first-order valence-corrected chi connectivity index (χ1v) is 6.47. The minimum atomic E-state index is -0.636. The van der Waals surface area contributed by atoms with Crippen LogP contribution in [0.3, 0.4) is 0 Å². The fourth-order valence-corrected chi connectivity index (χ4v) is 2.15. The topological polar surface area (TPSA) is 111 Å². The minimum Gasteiger partial charge on any atom is -0.453 e. The quantitative estimate of drug-likeness (QED) is 0.757. The fraction of sp³-hybridized carbons (Fsp3) is 0.0667. The minimum absolute atomic E-state index is 0.199. The Labute approximate surface area is 125 Å². The Kier molecular flexibility index (Phi) is 3.30. The number of carbonyl (C=O) groups excluding carboxylic acids is 2. The van der Waals surface area contributed by atoms with Gasteiger partial charge < -0.3 is 15.5 Å². The van der Waals surface area contributed by atoms with Crippen LogP contribution in [-0.4, -0.2) is 28.8 Å². The fourth-order valence-electron chi connectivity index (χ4n) is 2.15. The van der Waals surface area contributed by atoms with E-state index >= 15 is 0 Å². The first-order valence-electron chi connectivity index (χ1n) is 6.47. The molecule has 0 aliphatic heterocycles. The molecule has 0 bridgehead atoms. The number of nitrogens with one attached hydrogen (secondary N) is 1. The first kappa shape index (κ1) is 13.7. The van der Waals surface area contributed by atoms with Gasteiger partial charge in [-0.15, -0.1) is 0 Å². The Hall–Kier alpha value is -3.22. The van der Waals surface area contributed by atoms with Gasteiger partial charge >= 0.3 is 0 Å². The SMILES string of the molecule is CNC(=O)c1ccc(-c2oc3cccnc3c2C(N)=O)cn1. The molecule has 3 aromatic rings. The number of furan rings is 1. The van der Waals surface area contributed by atoms with Crippen LogP contribution in [0.4, 0.5) is 0 Å². The van der Waals surface area contributed by atoms with Crippen molar-refractivity contribution in [2.24, 2.45) is 5.73 Å². The van der Waals surface area contributed by atoms with Crippen molar-refractivity contribution in [3.63, 3.8) is 0 Å². The van der Waals surface area contributed by atoms with Gasteiger partial charge in [0, 0.05) is 25.0 Å². The molecule has 7 nitrogen and oxygen atoms in total. The summed E-state index contributed by atoms with van der Waals surface area (Å²) < 4.78 is 5.67. The number of rotatable bonds is 3. The van der Waals surface area contributed by atoms with Crippen molar-refractivity contribution in [1.82, 2.24) is 15.3 Å². The van der Waals surface area contributed by atoms with Crippen molar-refractivity contribution in [3.8, 4) is 11.3 Å². The van der Waals surface area contributed by atoms with Crippen LogP contribution >= 0.6 is 0 Å². The molecule has 0 saturated heterocycles. The molecule has 0 aromatic carbocycles. The number of carbonyl (C=O) groups is 2. The van der Waals surface area contributed by atoms with E-state index in [4.69, 9.17) is 10.2 Å². The second kappa shape index (κ2) is 5.28. The van der Waals surface area contributed by atoms with Gasteiger partial charge in [0.15, 0.2) is 11.3 Å². The predicted molar refractivity (Wildman–Crippen MR) is 79.1 cm³/mol. The van der Waals surface area contributed by atoms with Crippen molar-refractivity contribution >= 4 is 22.9 Å². The summed E-state index contributed by atoms with van der Waals surface area (Å²) in [5, 5.41) is 2.48. The molecule has 3 N–H and O–H groups in total. The Morgan fingerprint density at radius 3 is 2.68 bits per heavy atom. The molecule has 3 heterocycles. The van der Waals surface area contributed by atoms with E-state index in [2.05, 4.69) is 15.3 Å². The number of fused-ring (bicyclic) bond motifs is 1. The van der Waals surface area contributed by atoms with Crippen LogP contribution in [0.2, 0.25) is 0 Å². The second-order valence-electron chi connectivity index (χ2n) is 4.53. The van der Waals surface area contributed by atoms with Gasteiger partial charge in [-0.25, -0.2) is 0 Å². The largest absolute Gasteiger partial charge is 0.453 e. The maximum absolute atomic E-state index is 11.7. The van der Waals surface area contributed by atoms with Crippen LogP contribution in [0.5, 0.6) is 0 Å². The summed E-state index contributed by atoms with van der Waals surface area (Å²) in [4.78, 5) is 31.4. The van der Waals surface area contributed by atoms with Gasteiger partial charge in [-0.3, -0.25) is 19.6 Å². The lowest BCUT2D eigenvalue weighted by molar-refractivity contribution is 0.0956. The molecule has 0 aliphatic carbocycles. The highest BCUT2D eigenvalue weighted by atomic mass is 16.3. The molecule has 110 valence electrons. The van der Waals surface area contributed by atoms with E-state index in [1.54, 1.807) is 30.5 Å². The standard InChI is InChI=1S/C15H12N4O3/c1-17-15(21)9-5-4-8(7-19-9)13-11(14(16)20)12-10(22-13)3-2-6-18-12/h2-7H,1H3,(H2,16,20)(H,17,21). The molecular formula is C15H12N4O3. The maximum Gasteiger partial charge on any atom is 0.269 e. The number of aromatic nitrogens is 2. The lowest BCUT2D eigenvalue weighted by atomic mass is 10.1. The van der Waals surface area contributed by atoms with E-state index in [0.717, 1.165) is 0 Å². The summed E-state index contributed by atoms with van der Waals surface area (Å²) in [5.41, 5.74) is 7.31. The summed E-state index contributed by atoms with van der Waals surface area (Å²) in [6.45, 7) is 0. The van der Waals surface area contributed by atoms with E-state index in [9.17, 15) is 9.59 Å². The molecule has 0 aliphatic rings. The number of pyridine rings is 2. The molecule has 0 unspecified atom stereocenters. The smallest absolute Gasteiger partial charge is 0.269 e. The predicted octanol–water partition coefficient (Wildman–Crippen LogP) is 1.35. The lowest BCUT2D eigenvalue weighted by Crippen LogP contribution is -2.19. The number of amides is 2. The zero-order valence-corrected chi connectivity index (χ0v) is 11.7. The molecule has 3 aromatic heterocycles. The van der Waals surface area contributed by atoms with Crippen LogP contribution < -0.4 is 11.1 Å². The van der Waals surface area contributed by atoms with Gasteiger partial charge in [-0.1, -0.05) is 0 Å². The average Bonchev–Trinajstić information content (AvgIpc) is 2.94. The third-order valence-electron chi connectivity index (χ3n) is 3.18. The van der Waals surface area contributed by atoms with Gasteiger partial charge in [-0.2, -0.15) is 0 Å². The average molecular weight is 296 g/mol. The third-order valence-corrected chi connectivity index (χ3v) is 3.18. The van der Waals surface area contributed by atoms with E-state index in [1.165, 1.54) is 13.2 Å². The second-order valence-corrected chi connectivity index (χ2v) is 4.53. The highest BCUT2D eigenvalue weighted by Gasteiger charge is 2.21. The van der Waals surface area contributed by atoms with Gasteiger partial charge in [-0.05, 0) is 24.3 Å². The molecule has 0 saturated carbocycles. The molecule has 0 fully saturated rings. The Bertz CT molecular complexity index is 868. The molecular weight excluding hydrogens is 284 g/mol. The number of hydrogen-bond donors (Lipinski definition) is 2. The van der Waals surface area contributed by atoms with Crippen molar-refractivity contribution in [2.75, 3.05) is 7.05 Å². The molecule has 0 atom stereocenters. The Balaban J connectivity index is 2.15. The Morgan fingerprint density at radius 2 is 2.05 bits per heavy atom. The van der Waals surface area contributed by atoms with E-state index in [1.807, 2.05) is 0 Å². The zero-order valence-electron chi connectivity index (χ0n) is 11.7. The van der Waals surface area contributed by atoms with Crippen LogP contribution in [-0.2, 0) is 0 Å². The van der Waals surface area contributed by atoms with Gasteiger partial charge in [0.2, 0.25) is 0 Å². The van der Waals surface area contributed by atoms with Crippen molar-refractivity contribution in [1.29, 1.82) is 0 Å². The molecule has 22 heavy (non-hydrogen) atoms. The number of primary amides is 1. The van der Waals surface area contributed by atoms with Crippen LogP contribution in [0, 0.1) is 0 Å². The number of hydrogen-bond acceptors (Lipinski definition) is 5. The van der Waals surface area contributed by atoms with Gasteiger partial charge in [0.05, 0.1) is 0 Å². The molecule has 7 heteroatoms. The zero-order chi connectivity index (χ0) is 15.7. The Morgan fingerprint density at radius 1 is 1.23 bits per heavy atom. The highest BCUT2D eigenvalue weighted by molar-refractivity contribution is 6.09.